The molecule has 0 amide bonds. The van der Waals surface area contributed by atoms with Crippen molar-refractivity contribution in [3.63, 3.8) is 0 Å². The standard InChI is InChI=1S/C31H32F6/c1-3-5-11-18-14-9-10-15-21(18)20(4-2)24-28(34)30(36)25(31(37)29(24)35)23-17-16-22(26(32)27(23)33)19-12-7-6-8-13-19/h6-8,12-13,16-18,20-21H,3-5,9-11,14-15H2,1-2H3. The summed E-state index contributed by atoms with van der Waals surface area (Å²) >= 11 is 0. The molecular formula is C31H32F6. The molecule has 1 aliphatic carbocycles. The third-order valence-electron chi connectivity index (χ3n) is 7.96. The molecule has 0 aliphatic heterocycles. The summed E-state index contributed by atoms with van der Waals surface area (Å²) in [5, 5.41) is 0. The van der Waals surface area contributed by atoms with Gasteiger partial charge in [-0.3, -0.25) is 0 Å². The van der Waals surface area contributed by atoms with Gasteiger partial charge in [0, 0.05) is 16.7 Å². The Hall–Kier alpha value is -2.76. The normalized spacial score (nSPS) is 18.7. The molecule has 3 aromatic rings. The fourth-order valence-corrected chi connectivity index (χ4v) is 6.11. The van der Waals surface area contributed by atoms with Crippen LogP contribution in [0, 0.1) is 46.7 Å². The Labute approximate surface area is 214 Å². The van der Waals surface area contributed by atoms with Crippen LogP contribution in [0.1, 0.15) is 76.7 Å². The van der Waals surface area contributed by atoms with E-state index in [1.807, 2.05) is 0 Å². The van der Waals surface area contributed by atoms with Crippen molar-refractivity contribution in [2.75, 3.05) is 0 Å². The fraction of sp³-hybridized carbons (Fsp3) is 0.419. The van der Waals surface area contributed by atoms with E-state index in [1.54, 1.807) is 37.3 Å². The Morgan fingerprint density at radius 1 is 0.703 bits per heavy atom. The number of hydrogen-bond donors (Lipinski definition) is 0. The van der Waals surface area contributed by atoms with E-state index >= 15 is 22.0 Å². The zero-order chi connectivity index (χ0) is 26.7. The highest BCUT2D eigenvalue weighted by atomic mass is 19.2. The molecule has 3 atom stereocenters. The maximum absolute atomic E-state index is 15.5. The van der Waals surface area contributed by atoms with E-state index in [-0.39, 0.29) is 17.4 Å². The van der Waals surface area contributed by atoms with Crippen LogP contribution in [0.2, 0.25) is 0 Å². The molecule has 4 rings (SSSR count). The second-order valence-electron chi connectivity index (χ2n) is 10.1. The second kappa shape index (κ2) is 11.7. The summed E-state index contributed by atoms with van der Waals surface area (Å²) in [5.41, 5.74) is -2.47. The summed E-state index contributed by atoms with van der Waals surface area (Å²) in [7, 11) is 0. The molecule has 3 unspecified atom stereocenters. The summed E-state index contributed by atoms with van der Waals surface area (Å²) < 4.78 is 91.9. The van der Waals surface area contributed by atoms with E-state index < -0.39 is 57.5 Å². The minimum Gasteiger partial charge on any atom is -0.203 e. The van der Waals surface area contributed by atoms with Crippen molar-refractivity contribution in [1.82, 2.24) is 0 Å². The number of halogens is 6. The number of benzene rings is 3. The molecule has 0 spiro atoms. The van der Waals surface area contributed by atoms with Crippen LogP contribution in [-0.4, -0.2) is 0 Å². The highest BCUT2D eigenvalue weighted by molar-refractivity contribution is 5.73. The van der Waals surface area contributed by atoms with Gasteiger partial charge in [-0.25, -0.2) is 26.3 Å². The van der Waals surface area contributed by atoms with Gasteiger partial charge in [0.1, 0.15) is 0 Å². The minimum atomic E-state index is -1.70. The molecule has 3 aromatic carbocycles. The first-order valence-electron chi connectivity index (χ1n) is 13.2. The summed E-state index contributed by atoms with van der Waals surface area (Å²) in [6, 6.07) is 10.2. The van der Waals surface area contributed by atoms with Gasteiger partial charge in [-0.05, 0) is 36.2 Å². The maximum Gasteiger partial charge on any atom is 0.170 e. The van der Waals surface area contributed by atoms with Gasteiger partial charge in [-0.2, -0.15) is 0 Å². The number of hydrogen-bond acceptors (Lipinski definition) is 0. The van der Waals surface area contributed by atoms with Crippen molar-refractivity contribution >= 4 is 0 Å². The number of rotatable bonds is 8. The molecule has 0 aromatic heterocycles. The van der Waals surface area contributed by atoms with Crippen molar-refractivity contribution in [3.8, 4) is 22.3 Å². The molecule has 0 N–H and O–H groups in total. The zero-order valence-corrected chi connectivity index (χ0v) is 21.2. The Kier molecular flexibility index (Phi) is 8.66. The highest BCUT2D eigenvalue weighted by Gasteiger charge is 2.38. The average Bonchev–Trinajstić information content (AvgIpc) is 2.92. The monoisotopic (exact) mass is 518 g/mol. The third-order valence-corrected chi connectivity index (χ3v) is 7.96. The molecule has 0 heterocycles. The first-order valence-corrected chi connectivity index (χ1v) is 13.2. The quantitative estimate of drug-likeness (QED) is 0.206. The van der Waals surface area contributed by atoms with Crippen molar-refractivity contribution in [2.45, 2.75) is 71.1 Å². The SMILES string of the molecule is CCCCC1CCCCC1C(CC)c1c(F)c(F)c(-c2ccc(-c3ccccc3)c(F)c2F)c(F)c1F. The van der Waals surface area contributed by atoms with Crippen molar-refractivity contribution < 1.29 is 26.3 Å². The van der Waals surface area contributed by atoms with Gasteiger partial charge in [0.2, 0.25) is 0 Å². The largest absolute Gasteiger partial charge is 0.203 e. The van der Waals surface area contributed by atoms with Gasteiger partial charge < -0.3 is 0 Å². The Bertz CT molecular complexity index is 1210. The molecule has 0 nitrogen and oxygen atoms in total. The predicted octanol–water partition coefficient (Wildman–Crippen LogP) is 10.3. The Morgan fingerprint density at radius 3 is 1.92 bits per heavy atom. The lowest BCUT2D eigenvalue weighted by atomic mass is 9.67. The Balaban J connectivity index is 1.80. The van der Waals surface area contributed by atoms with E-state index in [2.05, 4.69) is 6.92 Å². The first-order chi connectivity index (χ1) is 17.8. The molecule has 1 fully saturated rings. The van der Waals surface area contributed by atoms with E-state index in [0.717, 1.165) is 57.1 Å². The van der Waals surface area contributed by atoms with Crippen LogP contribution in [0.5, 0.6) is 0 Å². The minimum absolute atomic E-state index is 0.0988. The average molecular weight is 519 g/mol. The van der Waals surface area contributed by atoms with Gasteiger partial charge in [0.25, 0.3) is 0 Å². The lowest BCUT2D eigenvalue weighted by Gasteiger charge is -2.38. The molecule has 1 saturated carbocycles. The number of unbranched alkanes of at least 4 members (excludes halogenated alkanes) is 1. The molecule has 0 bridgehead atoms. The zero-order valence-electron chi connectivity index (χ0n) is 21.2. The van der Waals surface area contributed by atoms with Crippen molar-refractivity contribution in [3.05, 3.63) is 82.9 Å². The lowest BCUT2D eigenvalue weighted by Crippen LogP contribution is -2.27. The Morgan fingerprint density at radius 2 is 1.30 bits per heavy atom. The van der Waals surface area contributed by atoms with Gasteiger partial charge in [0.15, 0.2) is 34.9 Å². The van der Waals surface area contributed by atoms with E-state index in [9.17, 15) is 4.39 Å². The molecule has 1 aliphatic rings. The maximum atomic E-state index is 15.5. The van der Waals surface area contributed by atoms with Crippen molar-refractivity contribution in [1.29, 1.82) is 0 Å². The molecule has 0 radical (unpaired) electrons. The van der Waals surface area contributed by atoms with Crippen LogP contribution < -0.4 is 0 Å². The fourth-order valence-electron chi connectivity index (χ4n) is 6.11. The smallest absolute Gasteiger partial charge is 0.170 e. The van der Waals surface area contributed by atoms with E-state index in [0.29, 0.717) is 12.0 Å². The molecular weight excluding hydrogens is 486 g/mol. The summed E-state index contributed by atoms with van der Waals surface area (Å²) in [4.78, 5) is 0. The summed E-state index contributed by atoms with van der Waals surface area (Å²) in [6.07, 6.45) is 6.77. The van der Waals surface area contributed by atoms with Crippen LogP contribution in [-0.2, 0) is 0 Å². The molecule has 0 saturated heterocycles. The van der Waals surface area contributed by atoms with Crippen LogP contribution in [0.25, 0.3) is 22.3 Å². The van der Waals surface area contributed by atoms with Crippen molar-refractivity contribution in [2.24, 2.45) is 11.8 Å². The molecule has 198 valence electrons. The van der Waals surface area contributed by atoms with Crippen LogP contribution >= 0.6 is 0 Å². The van der Waals surface area contributed by atoms with E-state index in [1.165, 1.54) is 0 Å². The van der Waals surface area contributed by atoms with Crippen LogP contribution in [0.4, 0.5) is 26.3 Å². The third kappa shape index (κ3) is 5.17. The van der Waals surface area contributed by atoms with Crippen LogP contribution in [0.3, 0.4) is 0 Å². The predicted molar refractivity (Wildman–Crippen MR) is 135 cm³/mol. The van der Waals surface area contributed by atoms with Gasteiger partial charge >= 0.3 is 0 Å². The second-order valence-corrected chi connectivity index (χ2v) is 10.1. The summed E-state index contributed by atoms with van der Waals surface area (Å²) in [6.45, 7) is 3.84. The lowest BCUT2D eigenvalue weighted by molar-refractivity contribution is 0.177. The molecule has 6 heteroatoms. The summed E-state index contributed by atoms with van der Waals surface area (Å²) in [5.74, 6) is -9.93. The van der Waals surface area contributed by atoms with E-state index in [4.69, 9.17) is 0 Å². The van der Waals surface area contributed by atoms with Crippen LogP contribution in [0.15, 0.2) is 42.5 Å². The van der Waals surface area contributed by atoms with Gasteiger partial charge in [0.05, 0.1) is 5.56 Å². The molecule has 37 heavy (non-hydrogen) atoms. The van der Waals surface area contributed by atoms with Gasteiger partial charge in [-0.15, -0.1) is 0 Å². The first kappa shape index (κ1) is 27.3. The topological polar surface area (TPSA) is 0 Å². The highest BCUT2D eigenvalue weighted by Crippen LogP contribution is 2.47. The van der Waals surface area contributed by atoms with Gasteiger partial charge in [-0.1, -0.05) is 94.8 Å².